The molecule has 134 valence electrons. The normalized spacial score (nSPS) is 11.4. The Hall–Kier alpha value is -2.81. The molecule has 0 radical (unpaired) electrons. The Balaban J connectivity index is 3.18. The standard InChI is InChI=1S/C19H23NO5/c1-6-23-16-11-13(10-14(12-20)17(21)24-7-2)8-9-15(16)25-18(22)19(3,4)5/h8-11H,6-7H2,1-5H3/b14-10+. The van der Waals surface area contributed by atoms with Crippen LogP contribution in [-0.4, -0.2) is 25.2 Å². The summed E-state index contributed by atoms with van der Waals surface area (Å²) in [6.45, 7) is 9.29. The topological polar surface area (TPSA) is 85.6 Å². The van der Waals surface area contributed by atoms with E-state index in [1.54, 1.807) is 52.8 Å². The van der Waals surface area contributed by atoms with Gasteiger partial charge in [0.2, 0.25) is 0 Å². The van der Waals surface area contributed by atoms with Crippen molar-refractivity contribution in [1.82, 2.24) is 0 Å². The van der Waals surface area contributed by atoms with E-state index in [0.717, 1.165) is 0 Å². The van der Waals surface area contributed by atoms with Crippen LogP contribution in [0.4, 0.5) is 0 Å². The highest BCUT2D eigenvalue weighted by Gasteiger charge is 2.25. The summed E-state index contributed by atoms with van der Waals surface area (Å²) < 4.78 is 15.7. The number of carbonyl (C=O) groups excluding carboxylic acids is 2. The Kier molecular flexibility index (Phi) is 7.19. The molecule has 6 heteroatoms. The van der Waals surface area contributed by atoms with Gasteiger partial charge in [-0.1, -0.05) is 6.07 Å². The minimum atomic E-state index is -0.689. The largest absolute Gasteiger partial charge is 0.490 e. The molecule has 0 heterocycles. The Morgan fingerprint density at radius 1 is 1.16 bits per heavy atom. The quantitative estimate of drug-likeness (QED) is 0.339. The zero-order valence-electron chi connectivity index (χ0n) is 15.2. The molecule has 1 rings (SSSR count). The monoisotopic (exact) mass is 345 g/mol. The average Bonchev–Trinajstić information content (AvgIpc) is 2.54. The first kappa shape index (κ1) is 20.2. The van der Waals surface area contributed by atoms with Gasteiger partial charge in [-0.05, 0) is 58.4 Å². The molecule has 1 aromatic rings. The third-order valence-corrected chi connectivity index (χ3v) is 3.01. The fraction of sp³-hybridized carbons (Fsp3) is 0.421. The summed E-state index contributed by atoms with van der Waals surface area (Å²) in [5.74, 6) is -0.434. The van der Waals surface area contributed by atoms with Crippen LogP contribution in [0.5, 0.6) is 11.5 Å². The third-order valence-electron chi connectivity index (χ3n) is 3.01. The molecule has 0 unspecified atom stereocenters. The molecule has 25 heavy (non-hydrogen) atoms. The second kappa shape index (κ2) is 8.88. The van der Waals surface area contributed by atoms with Crippen molar-refractivity contribution < 1.29 is 23.8 Å². The van der Waals surface area contributed by atoms with Crippen LogP contribution in [0.1, 0.15) is 40.2 Å². The van der Waals surface area contributed by atoms with Gasteiger partial charge in [-0.3, -0.25) is 4.79 Å². The lowest BCUT2D eigenvalue weighted by molar-refractivity contribution is -0.143. The van der Waals surface area contributed by atoms with Crippen molar-refractivity contribution in [3.8, 4) is 17.6 Å². The molecule has 1 aromatic carbocycles. The molecular weight excluding hydrogens is 322 g/mol. The van der Waals surface area contributed by atoms with Gasteiger partial charge in [-0.25, -0.2) is 4.79 Å². The molecule has 0 N–H and O–H groups in total. The van der Waals surface area contributed by atoms with Crippen LogP contribution in [0.15, 0.2) is 23.8 Å². The maximum atomic E-state index is 12.1. The molecular formula is C19H23NO5. The second-order valence-corrected chi connectivity index (χ2v) is 6.17. The highest BCUT2D eigenvalue weighted by molar-refractivity contribution is 5.98. The molecule has 0 saturated heterocycles. The van der Waals surface area contributed by atoms with Gasteiger partial charge in [-0.2, -0.15) is 5.26 Å². The van der Waals surface area contributed by atoms with Crippen LogP contribution < -0.4 is 9.47 Å². The van der Waals surface area contributed by atoms with Gasteiger partial charge < -0.3 is 14.2 Å². The van der Waals surface area contributed by atoms with Crippen molar-refractivity contribution in [1.29, 1.82) is 5.26 Å². The number of hydrogen-bond acceptors (Lipinski definition) is 6. The van der Waals surface area contributed by atoms with Crippen molar-refractivity contribution in [3.63, 3.8) is 0 Å². The Morgan fingerprint density at radius 2 is 1.84 bits per heavy atom. The third kappa shape index (κ3) is 5.96. The Morgan fingerprint density at radius 3 is 2.36 bits per heavy atom. The van der Waals surface area contributed by atoms with Gasteiger partial charge in [0.05, 0.1) is 18.6 Å². The summed E-state index contributed by atoms with van der Waals surface area (Å²) in [7, 11) is 0. The lowest BCUT2D eigenvalue weighted by Gasteiger charge is -2.18. The number of nitrogens with zero attached hydrogens (tertiary/aromatic N) is 1. The van der Waals surface area contributed by atoms with Crippen LogP contribution in [0, 0.1) is 16.7 Å². The molecule has 6 nitrogen and oxygen atoms in total. The Labute approximate surface area is 148 Å². The van der Waals surface area contributed by atoms with Crippen molar-refractivity contribution in [3.05, 3.63) is 29.3 Å². The van der Waals surface area contributed by atoms with Gasteiger partial charge in [0.15, 0.2) is 11.5 Å². The minimum absolute atomic E-state index is 0.122. The average molecular weight is 345 g/mol. The molecule has 0 saturated carbocycles. The summed E-state index contributed by atoms with van der Waals surface area (Å²) in [6, 6.07) is 6.62. The van der Waals surface area contributed by atoms with Gasteiger partial charge in [0, 0.05) is 0 Å². The molecule has 0 fully saturated rings. The number of benzene rings is 1. The molecule has 0 spiro atoms. The molecule has 0 aliphatic rings. The van der Waals surface area contributed by atoms with Crippen molar-refractivity contribution in [2.45, 2.75) is 34.6 Å². The van der Waals surface area contributed by atoms with Crippen LogP contribution in [0.25, 0.3) is 6.08 Å². The summed E-state index contributed by atoms with van der Waals surface area (Å²) in [6.07, 6.45) is 1.40. The highest BCUT2D eigenvalue weighted by Crippen LogP contribution is 2.31. The van der Waals surface area contributed by atoms with Crippen LogP contribution in [0.2, 0.25) is 0 Å². The number of hydrogen-bond donors (Lipinski definition) is 0. The smallest absolute Gasteiger partial charge is 0.348 e. The minimum Gasteiger partial charge on any atom is -0.490 e. The molecule has 0 aromatic heterocycles. The number of esters is 2. The molecule has 0 amide bonds. The SMILES string of the molecule is CCOC(=O)/C(C#N)=C/c1ccc(OC(=O)C(C)(C)C)c(OCC)c1. The van der Waals surface area contributed by atoms with E-state index in [0.29, 0.717) is 17.9 Å². The maximum absolute atomic E-state index is 12.1. The van der Waals surface area contributed by atoms with Crippen LogP contribution >= 0.6 is 0 Å². The summed E-state index contributed by atoms with van der Waals surface area (Å²) in [5.41, 5.74) is -0.215. The van der Waals surface area contributed by atoms with E-state index in [4.69, 9.17) is 19.5 Å². The molecule has 0 aliphatic heterocycles. The van der Waals surface area contributed by atoms with Crippen molar-refractivity contribution >= 4 is 18.0 Å². The number of rotatable bonds is 6. The number of carbonyl (C=O) groups is 2. The summed E-state index contributed by atoms with van der Waals surface area (Å²) in [4.78, 5) is 23.8. The Bertz CT molecular complexity index is 708. The van der Waals surface area contributed by atoms with E-state index in [2.05, 4.69) is 0 Å². The maximum Gasteiger partial charge on any atom is 0.348 e. The van der Waals surface area contributed by atoms with E-state index in [9.17, 15) is 9.59 Å². The van der Waals surface area contributed by atoms with Crippen molar-refractivity contribution in [2.24, 2.45) is 5.41 Å². The fourth-order valence-electron chi connectivity index (χ4n) is 1.73. The van der Waals surface area contributed by atoms with Gasteiger partial charge >= 0.3 is 11.9 Å². The zero-order valence-corrected chi connectivity index (χ0v) is 15.2. The first-order valence-electron chi connectivity index (χ1n) is 8.01. The second-order valence-electron chi connectivity index (χ2n) is 6.17. The fourth-order valence-corrected chi connectivity index (χ4v) is 1.73. The summed E-state index contributed by atoms with van der Waals surface area (Å²) in [5, 5.41) is 9.10. The van der Waals surface area contributed by atoms with Crippen LogP contribution in [-0.2, 0) is 14.3 Å². The van der Waals surface area contributed by atoms with E-state index < -0.39 is 11.4 Å². The van der Waals surface area contributed by atoms with Gasteiger partial charge in [0.1, 0.15) is 11.6 Å². The first-order valence-corrected chi connectivity index (χ1v) is 8.01. The van der Waals surface area contributed by atoms with E-state index in [-0.39, 0.29) is 23.9 Å². The highest BCUT2D eigenvalue weighted by atomic mass is 16.6. The number of nitriles is 1. The van der Waals surface area contributed by atoms with E-state index >= 15 is 0 Å². The zero-order chi connectivity index (χ0) is 19.0. The van der Waals surface area contributed by atoms with Crippen LogP contribution in [0.3, 0.4) is 0 Å². The predicted molar refractivity (Wildman–Crippen MR) is 92.9 cm³/mol. The molecule has 0 aliphatic carbocycles. The van der Waals surface area contributed by atoms with Gasteiger partial charge in [0.25, 0.3) is 0 Å². The lowest BCUT2D eigenvalue weighted by atomic mass is 9.97. The van der Waals surface area contributed by atoms with Gasteiger partial charge in [-0.15, -0.1) is 0 Å². The van der Waals surface area contributed by atoms with Crippen molar-refractivity contribution in [2.75, 3.05) is 13.2 Å². The molecule has 0 bridgehead atoms. The predicted octanol–water partition coefficient (Wildman–Crippen LogP) is 3.51. The molecule has 0 atom stereocenters. The first-order chi connectivity index (χ1) is 11.7. The van der Waals surface area contributed by atoms with E-state index in [1.165, 1.54) is 6.08 Å². The summed E-state index contributed by atoms with van der Waals surface area (Å²) >= 11 is 0. The van der Waals surface area contributed by atoms with E-state index in [1.807, 2.05) is 6.07 Å². The lowest BCUT2D eigenvalue weighted by Crippen LogP contribution is -2.25. The number of ether oxygens (including phenoxy) is 3.